The fraction of sp³-hybridized carbons (Fsp3) is 0.545. The van der Waals surface area contributed by atoms with E-state index in [1.54, 1.807) is 0 Å². The summed E-state index contributed by atoms with van der Waals surface area (Å²) in [4.78, 5) is 0. The number of hydrogen-bond acceptors (Lipinski definition) is 6. The number of allylic oxidation sites excluding steroid dienone is 6. The van der Waals surface area contributed by atoms with Crippen molar-refractivity contribution >= 4 is 32.3 Å². The van der Waals surface area contributed by atoms with E-state index in [1.807, 2.05) is 36.5 Å². The van der Waals surface area contributed by atoms with Gasteiger partial charge in [0.25, 0.3) is 0 Å². The van der Waals surface area contributed by atoms with Crippen molar-refractivity contribution in [2.75, 3.05) is 39.6 Å². The average Bonchev–Trinajstić information content (AvgIpc) is 3.39. The van der Waals surface area contributed by atoms with E-state index in [-0.39, 0.29) is 0 Å². The van der Waals surface area contributed by atoms with Crippen LogP contribution in [0.4, 0.5) is 0 Å². The second kappa shape index (κ2) is 38.5. The second-order valence-corrected chi connectivity index (χ2v) is 19.6. The van der Waals surface area contributed by atoms with Crippen LogP contribution in [-0.4, -0.2) is 39.6 Å². The van der Waals surface area contributed by atoms with Gasteiger partial charge in [-0.25, -0.2) is 0 Å². The van der Waals surface area contributed by atoms with Gasteiger partial charge in [0.15, 0.2) is 34.5 Å². The molecule has 0 bridgehead atoms. The molecule has 4 rings (SSSR count). The zero-order valence-electron chi connectivity index (χ0n) is 45.1. The van der Waals surface area contributed by atoms with Gasteiger partial charge < -0.3 is 28.4 Å². The van der Waals surface area contributed by atoms with Gasteiger partial charge in [0.05, 0.1) is 39.6 Å². The van der Waals surface area contributed by atoms with Crippen LogP contribution in [0.5, 0.6) is 34.5 Å². The number of rotatable bonds is 48. The Balaban J connectivity index is 1.89. The lowest BCUT2D eigenvalue weighted by atomic mass is 9.93. The topological polar surface area (TPSA) is 55.4 Å². The Morgan fingerprint density at radius 3 is 0.486 bits per heavy atom. The Labute approximate surface area is 438 Å². The molecule has 0 aliphatic heterocycles. The highest BCUT2D eigenvalue weighted by Gasteiger charge is 2.21. The van der Waals surface area contributed by atoms with Gasteiger partial charge in [0, 0.05) is 0 Å². The van der Waals surface area contributed by atoms with Crippen LogP contribution in [0.25, 0.3) is 32.3 Å². The van der Waals surface area contributed by atoms with Crippen molar-refractivity contribution in [2.45, 2.75) is 193 Å². The molecule has 0 saturated heterocycles. The maximum Gasteiger partial charge on any atom is 0.161 e. The van der Waals surface area contributed by atoms with Crippen molar-refractivity contribution in [1.29, 1.82) is 0 Å². The van der Waals surface area contributed by atoms with E-state index in [2.05, 4.69) is 75.9 Å². The predicted molar refractivity (Wildman–Crippen MR) is 312 cm³/mol. The van der Waals surface area contributed by atoms with Crippen molar-refractivity contribution in [1.82, 2.24) is 0 Å². The number of unbranched alkanes of at least 4 members (excludes halogenated alkanes) is 24. The quantitative estimate of drug-likeness (QED) is 0.0250. The average molecular weight is 985 g/mol. The molecule has 6 nitrogen and oxygen atoms in total. The van der Waals surface area contributed by atoms with Gasteiger partial charge in [0.2, 0.25) is 0 Å². The Kier molecular flexibility index (Phi) is 31.8. The summed E-state index contributed by atoms with van der Waals surface area (Å²) < 4.78 is 40.5. The number of ether oxygens (including phenoxy) is 6. The van der Waals surface area contributed by atoms with Crippen molar-refractivity contribution in [3.05, 3.63) is 112 Å². The Morgan fingerprint density at radius 1 is 0.208 bits per heavy atom. The van der Waals surface area contributed by atoms with Gasteiger partial charge in [-0.05, 0) is 184 Å². The minimum atomic E-state index is 0.621. The molecule has 0 fully saturated rings. The van der Waals surface area contributed by atoms with Gasteiger partial charge in [-0.1, -0.05) is 114 Å². The Morgan fingerprint density at radius 2 is 0.347 bits per heavy atom. The van der Waals surface area contributed by atoms with Gasteiger partial charge in [-0.2, -0.15) is 0 Å². The molecule has 0 aromatic heterocycles. The lowest BCUT2D eigenvalue weighted by molar-refractivity contribution is 0.259. The third kappa shape index (κ3) is 22.3. The second-order valence-electron chi connectivity index (χ2n) is 19.6. The van der Waals surface area contributed by atoms with E-state index in [9.17, 15) is 0 Å². The normalized spacial score (nSPS) is 11.2. The number of fused-ring (bicyclic) bond motifs is 6. The maximum absolute atomic E-state index is 6.75. The molecule has 0 N–H and O–H groups in total. The van der Waals surface area contributed by atoms with Crippen LogP contribution in [-0.2, 0) is 0 Å². The summed E-state index contributed by atoms with van der Waals surface area (Å²) in [6.07, 6.45) is 44.8. The van der Waals surface area contributed by atoms with Gasteiger partial charge >= 0.3 is 0 Å². The SMILES string of the molecule is C=CCCCCCCOc1cc2c3cc(OCCCCCCC=C)c(OCCCCCCC=C)cc3c3cc(OCCCCCCC=C)c(OCCCCCCC=C)cc3c2cc1OCCCCCCC=C. The summed E-state index contributed by atoms with van der Waals surface area (Å²) in [6.45, 7) is 27.2. The van der Waals surface area contributed by atoms with E-state index in [0.717, 1.165) is 259 Å². The van der Waals surface area contributed by atoms with Crippen LogP contribution in [0, 0.1) is 0 Å². The molecule has 0 heterocycles. The molecule has 0 unspecified atom stereocenters. The van der Waals surface area contributed by atoms with Crippen molar-refractivity contribution in [3.8, 4) is 34.5 Å². The van der Waals surface area contributed by atoms with Crippen LogP contribution in [0.1, 0.15) is 193 Å². The molecule has 4 aromatic rings. The minimum absolute atomic E-state index is 0.621. The summed E-state index contributed by atoms with van der Waals surface area (Å²) in [5.74, 6) is 4.67. The predicted octanol–water partition coefficient (Wildman–Crippen LogP) is 20.2. The fourth-order valence-electron chi connectivity index (χ4n) is 9.25. The van der Waals surface area contributed by atoms with E-state index >= 15 is 0 Å². The first-order valence-electron chi connectivity index (χ1n) is 28.6. The summed E-state index contributed by atoms with van der Waals surface area (Å²) in [5.41, 5.74) is 0. The third-order valence-electron chi connectivity index (χ3n) is 13.5. The minimum Gasteiger partial charge on any atom is -0.490 e. The molecule has 0 atom stereocenters. The summed E-state index contributed by atoms with van der Waals surface area (Å²) in [7, 11) is 0. The molecule has 4 aromatic carbocycles. The molecule has 0 aliphatic carbocycles. The molecule has 396 valence electrons. The molecule has 0 radical (unpaired) electrons. The largest absolute Gasteiger partial charge is 0.490 e. The standard InChI is InChI=1S/C66H96O6/c1-7-13-19-25-31-37-43-67-61-49-55-56(50-62(61)68-44-38-32-26-20-14-8-2)58-52-64(70-46-40-34-28-22-16-10-4)66(72-48-42-36-30-24-18-12-6)54-60(58)59-53-65(71-47-41-35-29-23-17-11-5)63(51-57(55)59)69-45-39-33-27-21-15-9-3/h7-12,49-54H,1-6,13-48H2. The van der Waals surface area contributed by atoms with Crippen LogP contribution in [0.3, 0.4) is 0 Å². The zero-order chi connectivity index (χ0) is 51.1. The third-order valence-corrected chi connectivity index (χ3v) is 13.5. The number of hydrogen-bond donors (Lipinski definition) is 0. The van der Waals surface area contributed by atoms with E-state index in [4.69, 9.17) is 28.4 Å². The maximum atomic E-state index is 6.75. The molecule has 72 heavy (non-hydrogen) atoms. The monoisotopic (exact) mass is 985 g/mol. The highest BCUT2D eigenvalue weighted by Crippen LogP contribution is 2.47. The summed E-state index contributed by atoms with van der Waals surface area (Å²) >= 11 is 0. The molecular formula is C66H96O6. The molecule has 0 spiro atoms. The van der Waals surface area contributed by atoms with Crippen LogP contribution >= 0.6 is 0 Å². The van der Waals surface area contributed by atoms with Gasteiger partial charge in [0.1, 0.15) is 0 Å². The first kappa shape index (κ1) is 59.5. The van der Waals surface area contributed by atoms with Crippen molar-refractivity contribution in [2.24, 2.45) is 0 Å². The van der Waals surface area contributed by atoms with Crippen molar-refractivity contribution in [3.63, 3.8) is 0 Å². The summed E-state index contributed by atoms with van der Waals surface area (Å²) in [5, 5.41) is 6.50. The van der Waals surface area contributed by atoms with Crippen LogP contribution in [0.15, 0.2) is 112 Å². The van der Waals surface area contributed by atoms with E-state index < -0.39 is 0 Å². The lowest BCUT2D eigenvalue weighted by Gasteiger charge is -2.21. The summed E-state index contributed by atoms with van der Waals surface area (Å²) in [6, 6.07) is 13.3. The molecular weight excluding hydrogens is 889 g/mol. The zero-order valence-corrected chi connectivity index (χ0v) is 45.1. The van der Waals surface area contributed by atoms with E-state index in [1.165, 1.54) is 0 Å². The fourth-order valence-corrected chi connectivity index (χ4v) is 9.25. The van der Waals surface area contributed by atoms with Crippen molar-refractivity contribution < 1.29 is 28.4 Å². The molecule has 0 saturated carbocycles. The molecule has 0 aliphatic rings. The highest BCUT2D eigenvalue weighted by molar-refractivity contribution is 6.26. The molecule has 0 amide bonds. The van der Waals surface area contributed by atoms with Gasteiger partial charge in [-0.3, -0.25) is 0 Å². The first-order valence-corrected chi connectivity index (χ1v) is 28.6. The van der Waals surface area contributed by atoms with Crippen LogP contribution < -0.4 is 28.4 Å². The first-order chi connectivity index (χ1) is 35.6. The molecule has 6 heteroatoms. The number of benzene rings is 4. The van der Waals surface area contributed by atoms with Crippen LogP contribution in [0.2, 0.25) is 0 Å². The van der Waals surface area contributed by atoms with Gasteiger partial charge in [-0.15, -0.1) is 39.5 Å². The highest BCUT2D eigenvalue weighted by atomic mass is 16.5. The Bertz CT molecular complexity index is 1740. The van der Waals surface area contributed by atoms with E-state index in [0.29, 0.717) is 39.6 Å². The smallest absolute Gasteiger partial charge is 0.161 e. The Hall–Kier alpha value is -5.10. The lowest BCUT2D eigenvalue weighted by Crippen LogP contribution is -2.05.